The fourth-order valence-electron chi connectivity index (χ4n) is 2.83. The Morgan fingerprint density at radius 1 is 1.08 bits per heavy atom. The Bertz CT molecular complexity index is 616. The van der Waals surface area contributed by atoms with Crippen LogP contribution in [0.3, 0.4) is 0 Å². The molecular formula is C20H27NO3. The standard InChI is InChI=1S/C20H27NO3/c1-16-8-9-20(24-2)18(14-16)19(23)10-11-21(12-13-22)15-17-6-4-3-5-7-17/h3-9,14,19,22-23H,10-13,15H2,1-2H3. The first-order valence-electron chi connectivity index (χ1n) is 8.33. The molecule has 0 heterocycles. The second kappa shape index (κ2) is 9.42. The fraction of sp³-hybridized carbons (Fsp3) is 0.400. The zero-order chi connectivity index (χ0) is 17.4. The van der Waals surface area contributed by atoms with Crippen molar-refractivity contribution in [2.24, 2.45) is 0 Å². The number of benzene rings is 2. The molecule has 0 spiro atoms. The fourth-order valence-corrected chi connectivity index (χ4v) is 2.83. The molecule has 24 heavy (non-hydrogen) atoms. The summed E-state index contributed by atoms with van der Waals surface area (Å²) >= 11 is 0. The molecule has 1 unspecified atom stereocenters. The number of rotatable bonds is 9. The van der Waals surface area contributed by atoms with Gasteiger partial charge in [-0.15, -0.1) is 0 Å². The third-order valence-corrected chi connectivity index (χ3v) is 4.13. The van der Waals surface area contributed by atoms with E-state index in [4.69, 9.17) is 4.74 Å². The normalized spacial score (nSPS) is 12.4. The van der Waals surface area contributed by atoms with Crippen LogP contribution in [-0.4, -0.2) is 41.9 Å². The molecule has 0 radical (unpaired) electrons. The third-order valence-electron chi connectivity index (χ3n) is 4.13. The van der Waals surface area contributed by atoms with Gasteiger partial charge < -0.3 is 14.9 Å². The summed E-state index contributed by atoms with van der Waals surface area (Å²) in [4.78, 5) is 2.15. The summed E-state index contributed by atoms with van der Waals surface area (Å²) in [6, 6.07) is 16.0. The van der Waals surface area contributed by atoms with Crippen LogP contribution in [0, 0.1) is 6.92 Å². The van der Waals surface area contributed by atoms with Crippen molar-refractivity contribution in [3.8, 4) is 5.75 Å². The van der Waals surface area contributed by atoms with Gasteiger partial charge in [-0.05, 0) is 31.0 Å². The SMILES string of the molecule is COc1ccc(C)cc1C(O)CCN(CCO)Cc1ccccc1. The van der Waals surface area contributed by atoms with Gasteiger partial charge in [0, 0.05) is 25.2 Å². The van der Waals surface area contributed by atoms with E-state index in [1.54, 1.807) is 7.11 Å². The van der Waals surface area contributed by atoms with E-state index >= 15 is 0 Å². The Morgan fingerprint density at radius 2 is 1.83 bits per heavy atom. The van der Waals surface area contributed by atoms with Crippen molar-refractivity contribution >= 4 is 0 Å². The maximum absolute atomic E-state index is 10.6. The lowest BCUT2D eigenvalue weighted by atomic mass is 10.0. The summed E-state index contributed by atoms with van der Waals surface area (Å²) in [5, 5.41) is 19.9. The molecule has 2 N–H and O–H groups in total. The van der Waals surface area contributed by atoms with Crippen LogP contribution in [0.4, 0.5) is 0 Å². The Hall–Kier alpha value is -1.88. The number of ether oxygens (including phenoxy) is 1. The first-order valence-corrected chi connectivity index (χ1v) is 8.33. The van der Waals surface area contributed by atoms with E-state index < -0.39 is 6.10 Å². The Labute approximate surface area is 144 Å². The third kappa shape index (κ3) is 5.34. The summed E-state index contributed by atoms with van der Waals surface area (Å²) in [5.41, 5.74) is 3.12. The number of aliphatic hydroxyl groups is 2. The van der Waals surface area contributed by atoms with Crippen molar-refractivity contribution in [1.29, 1.82) is 0 Å². The van der Waals surface area contributed by atoms with Gasteiger partial charge in [0.25, 0.3) is 0 Å². The van der Waals surface area contributed by atoms with E-state index in [2.05, 4.69) is 17.0 Å². The molecule has 0 aromatic heterocycles. The highest BCUT2D eigenvalue weighted by molar-refractivity contribution is 5.38. The zero-order valence-corrected chi connectivity index (χ0v) is 14.5. The minimum Gasteiger partial charge on any atom is -0.496 e. The molecule has 2 aromatic carbocycles. The van der Waals surface area contributed by atoms with Crippen molar-refractivity contribution in [1.82, 2.24) is 4.90 Å². The smallest absolute Gasteiger partial charge is 0.124 e. The molecular weight excluding hydrogens is 302 g/mol. The molecule has 0 fully saturated rings. The molecule has 2 aromatic rings. The second-order valence-electron chi connectivity index (χ2n) is 6.04. The molecule has 2 rings (SSSR count). The predicted octanol–water partition coefficient (Wildman–Crippen LogP) is 2.92. The first kappa shape index (κ1) is 18.5. The van der Waals surface area contributed by atoms with Gasteiger partial charge >= 0.3 is 0 Å². The molecule has 0 saturated heterocycles. The lowest BCUT2D eigenvalue weighted by molar-refractivity contribution is 0.125. The zero-order valence-electron chi connectivity index (χ0n) is 14.5. The highest BCUT2D eigenvalue weighted by Gasteiger charge is 2.15. The monoisotopic (exact) mass is 329 g/mol. The molecule has 4 heteroatoms. The molecule has 0 bridgehead atoms. The molecule has 0 saturated carbocycles. The second-order valence-corrected chi connectivity index (χ2v) is 6.04. The van der Waals surface area contributed by atoms with Crippen molar-refractivity contribution in [2.45, 2.75) is 26.0 Å². The Balaban J connectivity index is 1.99. The predicted molar refractivity (Wildman–Crippen MR) is 96.1 cm³/mol. The number of methoxy groups -OCH3 is 1. The largest absolute Gasteiger partial charge is 0.496 e. The van der Waals surface area contributed by atoms with Crippen LogP contribution in [0.2, 0.25) is 0 Å². The van der Waals surface area contributed by atoms with Crippen LogP contribution < -0.4 is 4.74 Å². The van der Waals surface area contributed by atoms with Crippen molar-refractivity contribution in [3.05, 3.63) is 65.2 Å². The number of nitrogens with zero attached hydrogens (tertiary/aromatic N) is 1. The molecule has 0 aliphatic rings. The minimum atomic E-state index is -0.586. The lowest BCUT2D eigenvalue weighted by Gasteiger charge is -2.23. The van der Waals surface area contributed by atoms with E-state index in [1.807, 2.05) is 43.3 Å². The minimum absolute atomic E-state index is 0.108. The van der Waals surface area contributed by atoms with Crippen LogP contribution in [0.5, 0.6) is 5.75 Å². The van der Waals surface area contributed by atoms with Gasteiger partial charge in [-0.3, -0.25) is 4.90 Å². The maximum Gasteiger partial charge on any atom is 0.124 e. The van der Waals surface area contributed by atoms with Crippen molar-refractivity contribution < 1.29 is 14.9 Å². The van der Waals surface area contributed by atoms with E-state index in [9.17, 15) is 10.2 Å². The van der Waals surface area contributed by atoms with Crippen LogP contribution in [0.25, 0.3) is 0 Å². The summed E-state index contributed by atoms with van der Waals surface area (Å²) < 4.78 is 5.36. The summed E-state index contributed by atoms with van der Waals surface area (Å²) in [5.74, 6) is 0.713. The number of aliphatic hydroxyl groups excluding tert-OH is 2. The summed E-state index contributed by atoms with van der Waals surface area (Å²) in [6.45, 7) is 4.17. The number of aryl methyl sites for hydroxylation is 1. The van der Waals surface area contributed by atoms with Gasteiger partial charge in [0.1, 0.15) is 5.75 Å². The lowest BCUT2D eigenvalue weighted by Crippen LogP contribution is -2.28. The molecule has 0 amide bonds. The summed E-state index contributed by atoms with van der Waals surface area (Å²) in [7, 11) is 1.62. The molecule has 130 valence electrons. The first-order chi connectivity index (χ1) is 11.6. The van der Waals surface area contributed by atoms with E-state index in [0.717, 1.165) is 17.7 Å². The molecule has 1 atom stereocenters. The van der Waals surface area contributed by atoms with Crippen molar-refractivity contribution in [2.75, 3.05) is 26.8 Å². The Morgan fingerprint density at radius 3 is 2.50 bits per heavy atom. The van der Waals surface area contributed by atoms with Gasteiger partial charge in [0.05, 0.1) is 19.8 Å². The van der Waals surface area contributed by atoms with Crippen LogP contribution in [0.1, 0.15) is 29.2 Å². The van der Waals surface area contributed by atoms with E-state index in [0.29, 0.717) is 25.3 Å². The quantitative estimate of drug-likeness (QED) is 0.743. The van der Waals surface area contributed by atoms with Crippen molar-refractivity contribution in [3.63, 3.8) is 0 Å². The number of hydrogen-bond acceptors (Lipinski definition) is 4. The van der Waals surface area contributed by atoms with Gasteiger partial charge in [-0.2, -0.15) is 0 Å². The van der Waals surface area contributed by atoms with Gasteiger partial charge in [-0.25, -0.2) is 0 Å². The van der Waals surface area contributed by atoms with Gasteiger partial charge in [0.2, 0.25) is 0 Å². The average Bonchev–Trinajstić information content (AvgIpc) is 2.60. The molecule has 0 aliphatic heterocycles. The number of hydrogen-bond donors (Lipinski definition) is 2. The Kier molecular flexibility index (Phi) is 7.25. The molecule has 4 nitrogen and oxygen atoms in total. The van der Waals surface area contributed by atoms with E-state index in [-0.39, 0.29) is 6.61 Å². The topological polar surface area (TPSA) is 52.9 Å². The average molecular weight is 329 g/mol. The highest BCUT2D eigenvalue weighted by atomic mass is 16.5. The maximum atomic E-state index is 10.6. The van der Waals surface area contributed by atoms with Crippen LogP contribution in [-0.2, 0) is 6.54 Å². The summed E-state index contributed by atoms with van der Waals surface area (Å²) in [6.07, 6.45) is 0.00365. The van der Waals surface area contributed by atoms with Crippen LogP contribution >= 0.6 is 0 Å². The van der Waals surface area contributed by atoms with Gasteiger partial charge in [-0.1, -0.05) is 42.0 Å². The van der Waals surface area contributed by atoms with Crippen LogP contribution in [0.15, 0.2) is 48.5 Å². The van der Waals surface area contributed by atoms with E-state index in [1.165, 1.54) is 5.56 Å². The highest BCUT2D eigenvalue weighted by Crippen LogP contribution is 2.28. The van der Waals surface area contributed by atoms with Gasteiger partial charge in [0.15, 0.2) is 0 Å². The molecule has 0 aliphatic carbocycles.